The number of carbonyl (C=O) groups excluding carboxylic acids is 1. The van der Waals surface area contributed by atoms with E-state index >= 15 is 0 Å². The third kappa shape index (κ3) is 11.5. The number of carbonyl (C=O) groups is 1. The highest BCUT2D eigenvalue weighted by atomic mass is 16.5. The van der Waals surface area contributed by atoms with Crippen LogP contribution in [-0.2, 0) is 14.3 Å². The lowest BCUT2D eigenvalue weighted by Crippen LogP contribution is -2.30. The van der Waals surface area contributed by atoms with Crippen molar-refractivity contribution >= 4 is 5.97 Å². The average molecular weight is 231 g/mol. The SMILES string of the molecule is C1COCCN1.CCCCCC(=O)OCC. The summed E-state index contributed by atoms with van der Waals surface area (Å²) in [6, 6.07) is 0. The summed E-state index contributed by atoms with van der Waals surface area (Å²) in [6.45, 7) is 8.29. The summed E-state index contributed by atoms with van der Waals surface area (Å²) in [5, 5.41) is 3.16. The highest BCUT2D eigenvalue weighted by Gasteiger charge is 1.98. The monoisotopic (exact) mass is 231 g/mol. The normalized spacial score (nSPS) is 14.9. The van der Waals surface area contributed by atoms with Crippen LogP contribution in [0.5, 0.6) is 0 Å². The Labute approximate surface area is 98.7 Å². The van der Waals surface area contributed by atoms with Gasteiger partial charge in [-0.15, -0.1) is 0 Å². The van der Waals surface area contributed by atoms with Crippen LogP contribution in [0.2, 0.25) is 0 Å². The Bertz CT molecular complexity index is 147. The number of ether oxygens (including phenoxy) is 2. The predicted octanol–water partition coefficient (Wildman–Crippen LogP) is 1.74. The number of unbranched alkanes of at least 4 members (excludes halogenated alkanes) is 2. The Kier molecular flexibility index (Phi) is 12.0. The molecule has 1 heterocycles. The minimum Gasteiger partial charge on any atom is -0.466 e. The van der Waals surface area contributed by atoms with E-state index in [0.29, 0.717) is 13.0 Å². The summed E-state index contributed by atoms with van der Waals surface area (Å²) in [5.74, 6) is -0.0593. The van der Waals surface area contributed by atoms with E-state index < -0.39 is 0 Å². The summed E-state index contributed by atoms with van der Waals surface area (Å²) < 4.78 is 9.76. The number of hydrogen-bond acceptors (Lipinski definition) is 4. The van der Waals surface area contributed by atoms with Gasteiger partial charge in [-0.3, -0.25) is 4.79 Å². The zero-order valence-corrected chi connectivity index (χ0v) is 10.6. The lowest BCUT2D eigenvalue weighted by molar-refractivity contribution is -0.143. The largest absolute Gasteiger partial charge is 0.466 e. The van der Waals surface area contributed by atoms with E-state index in [0.717, 1.165) is 45.6 Å². The second-order valence-corrected chi connectivity index (χ2v) is 3.62. The van der Waals surface area contributed by atoms with Crippen molar-refractivity contribution in [3.05, 3.63) is 0 Å². The molecule has 1 saturated heterocycles. The lowest BCUT2D eigenvalue weighted by Gasteiger charge is -2.10. The molecule has 1 fully saturated rings. The number of nitrogens with one attached hydrogen (secondary N) is 1. The fourth-order valence-electron chi connectivity index (χ4n) is 1.27. The number of rotatable bonds is 5. The Balaban J connectivity index is 0.000000315. The van der Waals surface area contributed by atoms with Gasteiger partial charge in [0.25, 0.3) is 0 Å². The highest BCUT2D eigenvalue weighted by molar-refractivity contribution is 5.69. The summed E-state index contributed by atoms with van der Waals surface area (Å²) in [6.07, 6.45) is 3.83. The van der Waals surface area contributed by atoms with E-state index in [9.17, 15) is 4.79 Å². The zero-order valence-electron chi connectivity index (χ0n) is 10.6. The summed E-state index contributed by atoms with van der Waals surface area (Å²) >= 11 is 0. The van der Waals surface area contributed by atoms with Crippen molar-refractivity contribution in [2.24, 2.45) is 0 Å². The molecule has 0 aromatic rings. The molecule has 0 spiro atoms. The average Bonchev–Trinajstić information content (AvgIpc) is 2.33. The van der Waals surface area contributed by atoms with Gasteiger partial charge in [0.2, 0.25) is 0 Å². The molecule has 0 saturated carbocycles. The fraction of sp³-hybridized carbons (Fsp3) is 0.917. The smallest absolute Gasteiger partial charge is 0.305 e. The van der Waals surface area contributed by atoms with Crippen molar-refractivity contribution in [1.82, 2.24) is 5.32 Å². The molecule has 1 rings (SSSR count). The molecule has 0 aromatic heterocycles. The lowest BCUT2D eigenvalue weighted by atomic mass is 10.2. The van der Waals surface area contributed by atoms with Crippen molar-refractivity contribution in [2.45, 2.75) is 39.5 Å². The van der Waals surface area contributed by atoms with Crippen LogP contribution >= 0.6 is 0 Å². The quantitative estimate of drug-likeness (QED) is 0.578. The van der Waals surface area contributed by atoms with Crippen LogP contribution in [0.15, 0.2) is 0 Å². The minimum atomic E-state index is -0.0593. The van der Waals surface area contributed by atoms with E-state index in [1.807, 2.05) is 6.92 Å². The molecule has 0 bridgehead atoms. The first-order valence-corrected chi connectivity index (χ1v) is 6.25. The fourth-order valence-corrected chi connectivity index (χ4v) is 1.27. The van der Waals surface area contributed by atoms with Crippen molar-refractivity contribution < 1.29 is 14.3 Å². The zero-order chi connectivity index (χ0) is 12.1. The second-order valence-electron chi connectivity index (χ2n) is 3.62. The Morgan fingerprint density at radius 3 is 2.31 bits per heavy atom. The second kappa shape index (κ2) is 12.5. The first-order valence-electron chi connectivity index (χ1n) is 6.25. The van der Waals surface area contributed by atoms with Crippen molar-refractivity contribution in [3.63, 3.8) is 0 Å². The third-order valence-electron chi connectivity index (χ3n) is 2.14. The van der Waals surface area contributed by atoms with Gasteiger partial charge in [0, 0.05) is 19.5 Å². The molecule has 1 aliphatic heterocycles. The number of hydrogen-bond donors (Lipinski definition) is 1. The van der Waals surface area contributed by atoms with Crippen LogP contribution in [0.4, 0.5) is 0 Å². The third-order valence-corrected chi connectivity index (χ3v) is 2.14. The van der Waals surface area contributed by atoms with Gasteiger partial charge in [-0.25, -0.2) is 0 Å². The number of morpholine rings is 1. The van der Waals surface area contributed by atoms with Crippen LogP contribution in [0.25, 0.3) is 0 Å². The van der Waals surface area contributed by atoms with Gasteiger partial charge in [-0.05, 0) is 13.3 Å². The Hall–Kier alpha value is -0.610. The van der Waals surface area contributed by atoms with Gasteiger partial charge >= 0.3 is 5.97 Å². The molecule has 0 radical (unpaired) electrons. The van der Waals surface area contributed by atoms with Gasteiger partial charge in [0.1, 0.15) is 0 Å². The van der Waals surface area contributed by atoms with Crippen LogP contribution < -0.4 is 5.32 Å². The first-order chi connectivity index (χ1) is 7.81. The van der Waals surface area contributed by atoms with Gasteiger partial charge in [0.15, 0.2) is 0 Å². The standard InChI is InChI=1S/C8H16O2.C4H9NO/c1-3-5-6-7-8(9)10-4-2;1-3-6-4-2-5-1/h3-7H2,1-2H3;5H,1-4H2. The van der Waals surface area contributed by atoms with Crippen molar-refractivity contribution in [3.8, 4) is 0 Å². The first kappa shape index (κ1) is 15.4. The maximum atomic E-state index is 10.7. The summed E-state index contributed by atoms with van der Waals surface area (Å²) in [7, 11) is 0. The molecule has 96 valence electrons. The van der Waals surface area contributed by atoms with Crippen molar-refractivity contribution in [2.75, 3.05) is 32.9 Å². The molecule has 1 N–H and O–H groups in total. The maximum Gasteiger partial charge on any atom is 0.305 e. The van der Waals surface area contributed by atoms with Gasteiger partial charge in [-0.1, -0.05) is 19.8 Å². The number of esters is 1. The molecule has 0 aliphatic carbocycles. The van der Waals surface area contributed by atoms with Crippen LogP contribution in [0.1, 0.15) is 39.5 Å². The minimum absolute atomic E-state index is 0.0593. The van der Waals surface area contributed by atoms with E-state index in [1.165, 1.54) is 0 Å². The van der Waals surface area contributed by atoms with Crippen LogP contribution in [0.3, 0.4) is 0 Å². The van der Waals surface area contributed by atoms with E-state index in [1.54, 1.807) is 0 Å². The predicted molar refractivity (Wildman–Crippen MR) is 64.5 cm³/mol. The molecule has 1 aliphatic rings. The van der Waals surface area contributed by atoms with Gasteiger partial charge in [0.05, 0.1) is 19.8 Å². The topological polar surface area (TPSA) is 47.6 Å². The summed E-state index contributed by atoms with van der Waals surface area (Å²) in [5.41, 5.74) is 0. The Morgan fingerprint density at radius 2 is 1.94 bits per heavy atom. The summed E-state index contributed by atoms with van der Waals surface area (Å²) in [4.78, 5) is 10.7. The molecule has 16 heavy (non-hydrogen) atoms. The highest BCUT2D eigenvalue weighted by Crippen LogP contribution is 1.99. The maximum absolute atomic E-state index is 10.7. The van der Waals surface area contributed by atoms with E-state index in [2.05, 4.69) is 12.2 Å². The molecule has 0 atom stereocenters. The van der Waals surface area contributed by atoms with Crippen LogP contribution in [-0.4, -0.2) is 38.9 Å². The molecule has 4 heteroatoms. The molecular formula is C12H25NO3. The molecule has 0 amide bonds. The molecular weight excluding hydrogens is 206 g/mol. The molecule has 0 aromatic carbocycles. The van der Waals surface area contributed by atoms with E-state index in [4.69, 9.17) is 9.47 Å². The Morgan fingerprint density at radius 1 is 1.25 bits per heavy atom. The molecule has 4 nitrogen and oxygen atoms in total. The van der Waals surface area contributed by atoms with Gasteiger partial charge < -0.3 is 14.8 Å². The van der Waals surface area contributed by atoms with Gasteiger partial charge in [-0.2, -0.15) is 0 Å². The van der Waals surface area contributed by atoms with E-state index in [-0.39, 0.29) is 5.97 Å². The molecule has 0 unspecified atom stereocenters. The van der Waals surface area contributed by atoms with Crippen molar-refractivity contribution in [1.29, 1.82) is 0 Å². The van der Waals surface area contributed by atoms with Crippen LogP contribution in [0, 0.1) is 0 Å².